The normalized spacial score (nSPS) is 18.3. The van der Waals surface area contributed by atoms with E-state index in [1.807, 2.05) is 4.90 Å². The lowest BCUT2D eigenvalue weighted by Crippen LogP contribution is -2.46. The van der Waals surface area contributed by atoms with E-state index >= 15 is 0 Å². The summed E-state index contributed by atoms with van der Waals surface area (Å²) in [5.74, 6) is 1.50. The van der Waals surface area contributed by atoms with Crippen molar-refractivity contribution in [3.05, 3.63) is 11.3 Å². The highest BCUT2D eigenvalue weighted by atomic mass is 16.7. The number of ether oxygens (including phenoxy) is 4. The highest BCUT2D eigenvalue weighted by Gasteiger charge is 2.32. The van der Waals surface area contributed by atoms with Crippen molar-refractivity contribution in [2.75, 3.05) is 52.5 Å². The summed E-state index contributed by atoms with van der Waals surface area (Å²) < 4.78 is 25.0. The summed E-state index contributed by atoms with van der Waals surface area (Å²) in [6, 6.07) is 0. The molecule has 1 saturated heterocycles. The molecule has 7 nitrogen and oxygen atoms in total. The van der Waals surface area contributed by atoms with Gasteiger partial charge in [-0.2, -0.15) is 0 Å². The van der Waals surface area contributed by atoms with E-state index < -0.39 is 0 Å². The maximum Gasteiger partial charge on any atom is 0.409 e. The van der Waals surface area contributed by atoms with E-state index in [2.05, 4.69) is 39.5 Å². The van der Waals surface area contributed by atoms with Crippen LogP contribution in [0.2, 0.25) is 0 Å². The molecule has 0 aromatic heterocycles. The molecule has 1 aliphatic carbocycles. The van der Waals surface area contributed by atoms with Gasteiger partial charge in [0.1, 0.15) is 6.10 Å². The van der Waals surface area contributed by atoms with Gasteiger partial charge < -0.3 is 28.7 Å². The SMILES string of the molecule is CCCCCCCCOC(CCC(OC1CC(C)CN(C(=O)OCCCN(CC)CC)C1)=C1CC1)OCCCCCCCC. The molecule has 7 heteroatoms. The molecular weight excluding hydrogens is 552 g/mol. The molecule has 0 spiro atoms. The monoisotopic (exact) mass is 623 g/mol. The van der Waals surface area contributed by atoms with Gasteiger partial charge in [-0.3, -0.25) is 0 Å². The van der Waals surface area contributed by atoms with Crippen LogP contribution in [0.1, 0.15) is 150 Å². The topological polar surface area (TPSA) is 60.5 Å². The lowest BCUT2D eigenvalue weighted by Gasteiger charge is -2.36. The highest BCUT2D eigenvalue weighted by molar-refractivity contribution is 5.67. The molecule has 0 aromatic rings. The third-order valence-corrected chi connectivity index (χ3v) is 9.03. The molecule has 44 heavy (non-hydrogen) atoms. The Balaban J connectivity index is 1.82. The van der Waals surface area contributed by atoms with Crippen LogP contribution in [0.15, 0.2) is 11.3 Å². The van der Waals surface area contributed by atoms with Crippen molar-refractivity contribution in [2.45, 2.75) is 163 Å². The van der Waals surface area contributed by atoms with Crippen LogP contribution < -0.4 is 0 Å². The van der Waals surface area contributed by atoms with Crippen LogP contribution >= 0.6 is 0 Å². The van der Waals surface area contributed by atoms with E-state index in [0.29, 0.717) is 19.1 Å². The van der Waals surface area contributed by atoms with Crippen molar-refractivity contribution >= 4 is 6.09 Å². The second-order valence-electron chi connectivity index (χ2n) is 13.3. The Bertz CT molecular complexity index is 732. The zero-order valence-corrected chi connectivity index (χ0v) is 29.6. The van der Waals surface area contributed by atoms with Gasteiger partial charge in [-0.1, -0.05) is 98.8 Å². The fraction of sp³-hybridized carbons (Fsp3) is 0.919. The minimum atomic E-state index is -0.198. The van der Waals surface area contributed by atoms with Crippen LogP contribution in [0.4, 0.5) is 4.79 Å². The average Bonchev–Trinajstić information content (AvgIpc) is 3.87. The van der Waals surface area contributed by atoms with E-state index in [1.54, 1.807) is 0 Å². The fourth-order valence-electron chi connectivity index (χ4n) is 6.13. The van der Waals surface area contributed by atoms with Crippen LogP contribution in [0.3, 0.4) is 0 Å². The predicted octanol–water partition coefficient (Wildman–Crippen LogP) is 9.49. The number of unbranched alkanes of at least 4 members (excludes halogenated alkanes) is 10. The smallest absolute Gasteiger partial charge is 0.409 e. The number of carbonyl (C=O) groups excluding carboxylic acids is 1. The number of nitrogens with zero attached hydrogens (tertiary/aromatic N) is 2. The molecule has 2 fully saturated rings. The van der Waals surface area contributed by atoms with Crippen molar-refractivity contribution in [1.82, 2.24) is 9.80 Å². The molecule has 1 aliphatic heterocycles. The molecule has 258 valence electrons. The first-order chi connectivity index (χ1) is 21.5. The third kappa shape index (κ3) is 18.0. The molecule has 1 heterocycles. The van der Waals surface area contributed by atoms with Crippen LogP contribution in [0, 0.1) is 5.92 Å². The summed E-state index contributed by atoms with van der Waals surface area (Å²) in [6.07, 6.45) is 20.5. The molecule has 2 unspecified atom stereocenters. The molecule has 1 saturated carbocycles. The summed E-state index contributed by atoms with van der Waals surface area (Å²) >= 11 is 0. The van der Waals surface area contributed by atoms with Crippen LogP contribution in [-0.4, -0.2) is 80.8 Å². The van der Waals surface area contributed by atoms with Crippen molar-refractivity contribution in [3.63, 3.8) is 0 Å². The Labute approximate surface area is 271 Å². The van der Waals surface area contributed by atoms with E-state index in [9.17, 15) is 4.79 Å². The van der Waals surface area contributed by atoms with Gasteiger partial charge in [0.25, 0.3) is 0 Å². The van der Waals surface area contributed by atoms with E-state index in [0.717, 1.165) is 96.5 Å². The number of carbonyl (C=O) groups is 1. The Hall–Kier alpha value is -1.31. The summed E-state index contributed by atoms with van der Waals surface area (Å²) in [6.45, 7) is 17.4. The molecule has 2 atom stereocenters. The Morgan fingerprint density at radius 3 is 1.95 bits per heavy atom. The molecule has 0 N–H and O–H groups in total. The Morgan fingerprint density at radius 1 is 0.795 bits per heavy atom. The highest BCUT2D eigenvalue weighted by Crippen LogP contribution is 2.36. The van der Waals surface area contributed by atoms with Crippen molar-refractivity contribution in [3.8, 4) is 0 Å². The quantitative estimate of drug-likeness (QED) is 0.0517. The lowest BCUT2D eigenvalue weighted by atomic mass is 9.98. The molecular formula is C37H70N2O5. The van der Waals surface area contributed by atoms with Crippen molar-refractivity contribution < 1.29 is 23.7 Å². The zero-order valence-electron chi connectivity index (χ0n) is 29.6. The Kier molecular flexibility index (Phi) is 22.0. The predicted molar refractivity (Wildman–Crippen MR) is 182 cm³/mol. The van der Waals surface area contributed by atoms with Gasteiger partial charge in [-0.05, 0) is 63.1 Å². The molecule has 1 amide bonds. The fourth-order valence-corrected chi connectivity index (χ4v) is 6.13. The van der Waals surface area contributed by atoms with E-state index in [4.69, 9.17) is 18.9 Å². The van der Waals surface area contributed by atoms with Gasteiger partial charge in [0.05, 0.1) is 18.9 Å². The Morgan fingerprint density at radius 2 is 1.39 bits per heavy atom. The summed E-state index contributed by atoms with van der Waals surface area (Å²) in [5, 5.41) is 0. The minimum absolute atomic E-state index is 0.0107. The lowest BCUT2D eigenvalue weighted by molar-refractivity contribution is -0.148. The van der Waals surface area contributed by atoms with E-state index in [-0.39, 0.29) is 18.5 Å². The number of amides is 1. The second-order valence-corrected chi connectivity index (χ2v) is 13.3. The van der Waals surface area contributed by atoms with Crippen LogP contribution in [0.25, 0.3) is 0 Å². The molecule has 2 aliphatic rings. The standard InChI is InChI=1S/C37H70N2O5/c1-6-10-12-14-16-18-26-41-36(42-27-19-17-15-13-11-7-2)24-23-35(33-21-22-33)44-34-29-32(5)30-39(31-34)37(40)43-28-20-25-38(8-3)9-4/h32,34,36H,6-31H2,1-5H3. The van der Waals surface area contributed by atoms with Crippen molar-refractivity contribution in [1.29, 1.82) is 0 Å². The second kappa shape index (κ2) is 24.9. The first kappa shape index (κ1) is 38.9. The van der Waals surface area contributed by atoms with E-state index in [1.165, 1.54) is 69.8 Å². The van der Waals surface area contributed by atoms with Gasteiger partial charge in [-0.15, -0.1) is 0 Å². The third-order valence-electron chi connectivity index (χ3n) is 9.03. The number of rotatable bonds is 27. The van der Waals surface area contributed by atoms with Gasteiger partial charge in [-0.25, -0.2) is 4.79 Å². The largest absolute Gasteiger partial charge is 0.493 e. The van der Waals surface area contributed by atoms with Crippen molar-refractivity contribution in [2.24, 2.45) is 5.92 Å². The molecule has 0 radical (unpaired) electrons. The average molecular weight is 623 g/mol. The molecule has 0 bridgehead atoms. The van der Waals surface area contributed by atoms with Gasteiger partial charge in [0.15, 0.2) is 6.29 Å². The maximum atomic E-state index is 12.9. The molecule has 2 rings (SSSR count). The first-order valence-corrected chi connectivity index (χ1v) is 18.7. The number of allylic oxidation sites excluding steroid dienone is 2. The number of piperidine rings is 1. The summed E-state index contributed by atoms with van der Waals surface area (Å²) in [5.41, 5.74) is 1.43. The maximum absolute atomic E-state index is 12.9. The van der Waals surface area contributed by atoms with Gasteiger partial charge in [0.2, 0.25) is 0 Å². The van der Waals surface area contributed by atoms with Gasteiger partial charge >= 0.3 is 6.09 Å². The summed E-state index contributed by atoms with van der Waals surface area (Å²) in [7, 11) is 0. The summed E-state index contributed by atoms with van der Waals surface area (Å²) in [4.78, 5) is 17.1. The van der Waals surface area contributed by atoms with Crippen LogP contribution in [-0.2, 0) is 18.9 Å². The first-order valence-electron chi connectivity index (χ1n) is 18.7. The zero-order chi connectivity index (χ0) is 31.8. The number of hydrogen-bond acceptors (Lipinski definition) is 6. The number of hydrogen-bond donors (Lipinski definition) is 0. The minimum Gasteiger partial charge on any atom is -0.493 e. The number of likely N-dealkylation sites (tertiary alicyclic amines) is 1. The molecule has 0 aromatic carbocycles. The van der Waals surface area contributed by atoms with Crippen LogP contribution in [0.5, 0.6) is 0 Å². The van der Waals surface area contributed by atoms with Gasteiger partial charge in [0, 0.05) is 39.1 Å².